The van der Waals surface area contributed by atoms with Gasteiger partial charge in [0.1, 0.15) is 28.7 Å². The molecule has 0 radical (unpaired) electrons. The Hall–Kier alpha value is -3.74. The highest BCUT2D eigenvalue weighted by molar-refractivity contribution is 7.90. The number of nitrogens with one attached hydrogen (secondary N) is 2. The van der Waals surface area contributed by atoms with E-state index in [2.05, 4.69) is 20.2 Å². The molecule has 7 nitrogen and oxygen atoms in total. The van der Waals surface area contributed by atoms with Crippen molar-refractivity contribution in [3.05, 3.63) is 88.2 Å². The smallest absolute Gasteiger partial charge is 0.184 e. The highest BCUT2D eigenvalue weighted by Crippen LogP contribution is 2.37. The second-order valence-corrected chi connectivity index (χ2v) is 10.4. The van der Waals surface area contributed by atoms with E-state index in [0.29, 0.717) is 23.0 Å². The topological polar surface area (TPSA) is 112 Å². The average molecular weight is 551 g/mol. The molecule has 2 aromatic heterocycles. The van der Waals surface area contributed by atoms with Gasteiger partial charge in [-0.1, -0.05) is 23.7 Å². The predicted octanol–water partition coefficient (Wildman–Crippen LogP) is 5.30. The Morgan fingerprint density at radius 3 is 2.49 bits per heavy atom. The highest BCUT2D eigenvalue weighted by Gasteiger charge is 2.27. The average Bonchev–Trinajstić information content (AvgIpc) is 3.53. The van der Waals surface area contributed by atoms with E-state index in [1.807, 2.05) is 0 Å². The summed E-state index contributed by atoms with van der Waals surface area (Å²) in [6.45, 7) is -0.731. The minimum atomic E-state index is -4.47. The van der Waals surface area contributed by atoms with E-state index in [-0.39, 0.29) is 11.1 Å². The number of nitrogens with zero attached hydrogens (tertiary/aromatic N) is 2. The van der Waals surface area contributed by atoms with Crippen molar-refractivity contribution in [3.63, 3.8) is 0 Å². The van der Waals surface area contributed by atoms with Crippen molar-refractivity contribution in [2.45, 2.75) is 17.3 Å². The minimum Gasteiger partial charge on any atom is -0.392 e. The Labute approximate surface area is 211 Å². The number of hydrogen-bond acceptors (Lipinski definition) is 5. The summed E-state index contributed by atoms with van der Waals surface area (Å²) in [7, 11) is -4.47. The third kappa shape index (κ3) is 4.26. The van der Waals surface area contributed by atoms with Gasteiger partial charge in [-0.05, 0) is 24.3 Å². The Bertz CT molecular complexity index is 1770. The summed E-state index contributed by atoms with van der Waals surface area (Å²) in [5.41, 5.74) is -1.80. The van der Waals surface area contributed by atoms with Gasteiger partial charge in [-0.3, -0.25) is 5.10 Å². The van der Waals surface area contributed by atoms with Crippen LogP contribution in [0.2, 0.25) is 5.02 Å². The first-order valence-corrected chi connectivity index (χ1v) is 12.6. The van der Waals surface area contributed by atoms with Crippen LogP contribution in [0.4, 0.5) is 17.6 Å². The third-order valence-electron chi connectivity index (χ3n) is 5.77. The number of H-pyrrole nitrogens is 2. The standard InChI is InChI=1S/C24H15ClF4N4O3S/c25-19-12(9-34)7-13(26)8-17(19)37(35,36)10-11-1-4-16(27)18(20(11)28)14-2-3-15-22(21(14)29)32-33-23(15)24-30-5-6-31-24/h1-8,34H,9-10H2,(H,30,31)(H,32,33). The number of hydrogen-bond donors (Lipinski definition) is 3. The van der Waals surface area contributed by atoms with Gasteiger partial charge in [0.15, 0.2) is 21.5 Å². The fourth-order valence-electron chi connectivity index (χ4n) is 4.02. The van der Waals surface area contributed by atoms with Crippen LogP contribution in [-0.4, -0.2) is 33.7 Å². The molecule has 0 aliphatic heterocycles. The van der Waals surface area contributed by atoms with Gasteiger partial charge in [0.2, 0.25) is 0 Å². The molecule has 0 atom stereocenters. The van der Waals surface area contributed by atoms with Crippen molar-refractivity contribution in [2.75, 3.05) is 0 Å². The van der Waals surface area contributed by atoms with E-state index in [9.17, 15) is 22.3 Å². The number of rotatable bonds is 6. The van der Waals surface area contributed by atoms with Gasteiger partial charge in [0.05, 0.1) is 27.8 Å². The predicted molar refractivity (Wildman–Crippen MR) is 127 cm³/mol. The monoisotopic (exact) mass is 550 g/mol. The van der Waals surface area contributed by atoms with E-state index in [4.69, 9.17) is 11.6 Å². The molecule has 0 aliphatic carbocycles. The van der Waals surface area contributed by atoms with Crippen LogP contribution in [-0.2, 0) is 22.2 Å². The zero-order valence-electron chi connectivity index (χ0n) is 18.5. The van der Waals surface area contributed by atoms with Crippen LogP contribution in [0, 0.1) is 23.3 Å². The molecule has 0 aliphatic rings. The molecule has 0 fully saturated rings. The number of aromatic amines is 2. The lowest BCUT2D eigenvalue weighted by molar-refractivity contribution is 0.281. The second-order valence-electron chi connectivity index (χ2n) is 8.05. The van der Waals surface area contributed by atoms with E-state index in [0.717, 1.165) is 24.3 Å². The first kappa shape index (κ1) is 24.9. The lowest BCUT2D eigenvalue weighted by Crippen LogP contribution is -2.10. The summed E-state index contributed by atoms with van der Waals surface area (Å²) in [5.74, 6) is -5.13. The summed E-state index contributed by atoms with van der Waals surface area (Å²) < 4.78 is 85.7. The molecule has 190 valence electrons. The second kappa shape index (κ2) is 9.29. The van der Waals surface area contributed by atoms with Gasteiger partial charge < -0.3 is 10.1 Å². The van der Waals surface area contributed by atoms with Crippen molar-refractivity contribution < 1.29 is 31.1 Å². The first-order chi connectivity index (χ1) is 17.6. The highest BCUT2D eigenvalue weighted by atomic mass is 35.5. The Balaban J connectivity index is 1.60. The van der Waals surface area contributed by atoms with Crippen molar-refractivity contribution >= 4 is 32.3 Å². The number of benzene rings is 3. The molecule has 0 amide bonds. The van der Waals surface area contributed by atoms with Gasteiger partial charge in [0, 0.05) is 34.5 Å². The van der Waals surface area contributed by atoms with E-state index in [1.54, 1.807) is 6.20 Å². The molecule has 0 unspecified atom stereocenters. The molecule has 5 aromatic rings. The molecule has 0 saturated heterocycles. The van der Waals surface area contributed by atoms with Gasteiger partial charge in [0.25, 0.3) is 0 Å². The normalized spacial score (nSPS) is 11.9. The number of imidazole rings is 1. The lowest BCUT2D eigenvalue weighted by Gasteiger charge is -2.13. The molecular weight excluding hydrogens is 536 g/mol. The van der Waals surface area contributed by atoms with Gasteiger partial charge in [-0.25, -0.2) is 31.0 Å². The van der Waals surface area contributed by atoms with Crippen molar-refractivity contribution in [1.29, 1.82) is 0 Å². The Kier molecular flexibility index (Phi) is 6.26. The molecule has 0 spiro atoms. The number of fused-ring (bicyclic) bond motifs is 1. The molecule has 2 heterocycles. The fraction of sp³-hybridized carbons (Fsp3) is 0.0833. The molecule has 3 N–H and O–H groups in total. The maximum absolute atomic E-state index is 15.5. The fourth-order valence-corrected chi connectivity index (χ4v) is 6.03. The van der Waals surface area contributed by atoms with Crippen LogP contribution in [0.15, 0.2) is 53.7 Å². The summed E-state index contributed by atoms with van der Waals surface area (Å²) in [5, 5.41) is 15.7. The van der Waals surface area contributed by atoms with Crippen LogP contribution in [0.5, 0.6) is 0 Å². The Morgan fingerprint density at radius 2 is 1.78 bits per heavy atom. The van der Waals surface area contributed by atoms with E-state index < -0.39 is 72.1 Å². The van der Waals surface area contributed by atoms with Crippen LogP contribution in [0.25, 0.3) is 33.5 Å². The number of aromatic nitrogens is 4. The summed E-state index contributed by atoms with van der Waals surface area (Å²) in [6, 6.07) is 5.75. The summed E-state index contributed by atoms with van der Waals surface area (Å²) >= 11 is 6.01. The number of aliphatic hydroxyl groups is 1. The maximum Gasteiger partial charge on any atom is 0.184 e. The SMILES string of the molecule is O=S(=O)(Cc1ccc(F)c(-c2ccc3c(-c4ncc[nH]4)[nH]nc3c2F)c1F)c1cc(F)cc(CO)c1Cl. The van der Waals surface area contributed by atoms with E-state index in [1.165, 1.54) is 12.3 Å². The quantitative estimate of drug-likeness (QED) is 0.249. The van der Waals surface area contributed by atoms with Crippen molar-refractivity contribution in [3.8, 4) is 22.6 Å². The zero-order chi connectivity index (χ0) is 26.5. The van der Waals surface area contributed by atoms with Crippen molar-refractivity contribution in [2.24, 2.45) is 0 Å². The Morgan fingerprint density at radius 1 is 1.00 bits per heavy atom. The first-order valence-electron chi connectivity index (χ1n) is 10.6. The van der Waals surface area contributed by atoms with Gasteiger partial charge >= 0.3 is 0 Å². The number of aliphatic hydroxyl groups excluding tert-OH is 1. The lowest BCUT2D eigenvalue weighted by atomic mass is 9.99. The molecule has 37 heavy (non-hydrogen) atoms. The summed E-state index contributed by atoms with van der Waals surface area (Å²) in [6.07, 6.45) is 3.04. The molecule has 13 heteroatoms. The molecular formula is C24H15ClF4N4O3S. The summed E-state index contributed by atoms with van der Waals surface area (Å²) in [4.78, 5) is 6.24. The van der Waals surface area contributed by atoms with Crippen LogP contribution in [0.1, 0.15) is 11.1 Å². The van der Waals surface area contributed by atoms with Gasteiger partial charge in [-0.15, -0.1) is 0 Å². The van der Waals surface area contributed by atoms with Gasteiger partial charge in [-0.2, -0.15) is 5.10 Å². The third-order valence-corrected chi connectivity index (χ3v) is 8.01. The zero-order valence-corrected chi connectivity index (χ0v) is 20.1. The number of halogens is 5. The molecule has 3 aromatic carbocycles. The largest absolute Gasteiger partial charge is 0.392 e. The molecule has 5 rings (SSSR count). The van der Waals surface area contributed by atoms with Crippen LogP contribution in [0.3, 0.4) is 0 Å². The van der Waals surface area contributed by atoms with Crippen LogP contribution < -0.4 is 0 Å². The molecule has 0 saturated carbocycles. The molecule has 0 bridgehead atoms. The van der Waals surface area contributed by atoms with Crippen molar-refractivity contribution in [1.82, 2.24) is 20.2 Å². The minimum absolute atomic E-state index is 0.177. The maximum atomic E-state index is 15.5. The van der Waals surface area contributed by atoms with E-state index >= 15 is 8.78 Å². The van der Waals surface area contributed by atoms with Crippen LogP contribution >= 0.6 is 11.6 Å². The number of sulfone groups is 1.